The summed E-state index contributed by atoms with van der Waals surface area (Å²) in [6.07, 6.45) is 12.1. The molecule has 3 aliphatic rings. The molecule has 0 aromatic heterocycles. The van der Waals surface area contributed by atoms with Gasteiger partial charge in [-0.2, -0.15) is 0 Å². The van der Waals surface area contributed by atoms with Crippen molar-refractivity contribution in [1.29, 1.82) is 0 Å². The number of aryl methyl sites for hydroxylation is 1. The van der Waals surface area contributed by atoms with Crippen molar-refractivity contribution in [2.45, 2.75) is 51.4 Å². The van der Waals surface area contributed by atoms with Gasteiger partial charge in [0.05, 0.1) is 0 Å². The molecule has 0 amide bonds. The quantitative estimate of drug-likeness (QED) is 0.592. The second-order valence-electron chi connectivity index (χ2n) is 7.51. The molecule has 5 unspecified atom stereocenters. The molecule has 0 N–H and O–H groups in total. The average Bonchev–Trinajstić information content (AvgIpc) is 2.67. The van der Waals surface area contributed by atoms with E-state index >= 15 is 0 Å². The summed E-state index contributed by atoms with van der Waals surface area (Å²) in [7, 11) is 0. The van der Waals surface area contributed by atoms with E-state index in [2.05, 4.69) is 46.9 Å². The first-order chi connectivity index (χ1) is 9.79. The second kappa shape index (κ2) is 5.62. The van der Waals surface area contributed by atoms with Crippen LogP contribution in [0, 0.1) is 33.2 Å². The third kappa shape index (κ3) is 2.55. The molecule has 5 atom stereocenters. The fourth-order valence-corrected chi connectivity index (χ4v) is 6.28. The molecule has 0 radical (unpaired) electrons. The van der Waals surface area contributed by atoms with Crippen LogP contribution < -0.4 is 0 Å². The SMILES string of the molecule is Ic1cccc(CCC2C3CCCC4CC2CC4C3)c1. The van der Waals surface area contributed by atoms with Crippen molar-refractivity contribution < 1.29 is 0 Å². The van der Waals surface area contributed by atoms with Crippen LogP contribution in [0.2, 0.25) is 0 Å². The topological polar surface area (TPSA) is 0 Å². The molecule has 4 rings (SSSR count). The molecule has 0 aliphatic heterocycles. The van der Waals surface area contributed by atoms with Crippen molar-refractivity contribution >= 4 is 22.6 Å². The predicted octanol–water partition coefficient (Wildman–Crippen LogP) is 5.69. The lowest BCUT2D eigenvalue weighted by molar-refractivity contribution is 0.140. The fourth-order valence-electron chi connectivity index (χ4n) is 5.67. The van der Waals surface area contributed by atoms with Gasteiger partial charge in [-0.25, -0.2) is 0 Å². The van der Waals surface area contributed by atoms with E-state index in [1.165, 1.54) is 22.8 Å². The van der Waals surface area contributed by atoms with Crippen LogP contribution in [0.1, 0.15) is 50.5 Å². The lowest BCUT2D eigenvalue weighted by Crippen LogP contribution is -2.28. The monoisotopic (exact) mass is 380 g/mol. The van der Waals surface area contributed by atoms with E-state index in [0.717, 1.165) is 29.6 Å². The van der Waals surface area contributed by atoms with Crippen LogP contribution in [0.5, 0.6) is 0 Å². The minimum absolute atomic E-state index is 1.05. The number of rotatable bonds is 3. The zero-order valence-electron chi connectivity index (χ0n) is 12.2. The summed E-state index contributed by atoms with van der Waals surface area (Å²) >= 11 is 2.44. The lowest BCUT2D eigenvalue weighted by Gasteiger charge is -2.36. The van der Waals surface area contributed by atoms with Gasteiger partial charge >= 0.3 is 0 Å². The normalized spacial score (nSPS) is 39.0. The van der Waals surface area contributed by atoms with Crippen molar-refractivity contribution in [3.63, 3.8) is 0 Å². The molecule has 0 saturated heterocycles. The van der Waals surface area contributed by atoms with E-state index in [1.807, 2.05) is 0 Å². The van der Waals surface area contributed by atoms with Gasteiger partial charge in [-0.3, -0.25) is 0 Å². The molecular formula is C19H25I. The molecule has 20 heavy (non-hydrogen) atoms. The summed E-state index contributed by atoms with van der Waals surface area (Å²) in [6.45, 7) is 0. The molecule has 3 fully saturated rings. The van der Waals surface area contributed by atoms with Gasteiger partial charge < -0.3 is 0 Å². The minimum Gasteiger partial charge on any atom is -0.0609 e. The third-order valence-electron chi connectivity index (χ3n) is 6.50. The second-order valence-corrected chi connectivity index (χ2v) is 8.76. The first kappa shape index (κ1) is 13.6. The molecule has 0 heterocycles. The van der Waals surface area contributed by atoms with E-state index in [1.54, 1.807) is 37.7 Å². The Hall–Kier alpha value is -0.0500. The molecule has 0 nitrogen and oxygen atoms in total. The average molecular weight is 380 g/mol. The molecule has 1 aromatic rings. The van der Waals surface area contributed by atoms with Gasteiger partial charge in [-0.1, -0.05) is 31.4 Å². The van der Waals surface area contributed by atoms with Gasteiger partial charge in [-0.05, 0) is 102 Å². The standard InChI is InChI=1S/C19H25I/c20-18-6-1-3-13(9-18)7-8-19-15-5-2-4-14-10-17(19)12-16(14)11-15/h1,3,6,9,14-17,19H,2,4-5,7-8,10-12H2. The Kier molecular flexibility index (Phi) is 3.82. The molecule has 0 spiro atoms. The zero-order chi connectivity index (χ0) is 13.5. The highest BCUT2D eigenvalue weighted by Gasteiger charge is 2.47. The fraction of sp³-hybridized carbons (Fsp3) is 0.684. The van der Waals surface area contributed by atoms with Crippen molar-refractivity contribution in [3.05, 3.63) is 33.4 Å². The molecule has 3 saturated carbocycles. The van der Waals surface area contributed by atoms with Gasteiger partial charge in [0.2, 0.25) is 0 Å². The first-order valence-corrected chi connectivity index (χ1v) is 9.62. The molecule has 108 valence electrons. The highest BCUT2D eigenvalue weighted by Crippen LogP contribution is 2.57. The smallest absolute Gasteiger partial charge is 0.0133 e. The van der Waals surface area contributed by atoms with Crippen molar-refractivity contribution in [1.82, 2.24) is 0 Å². The third-order valence-corrected chi connectivity index (χ3v) is 7.17. The first-order valence-electron chi connectivity index (χ1n) is 8.54. The Labute approximate surface area is 136 Å². The van der Waals surface area contributed by atoms with Gasteiger partial charge in [0.1, 0.15) is 0 Å². The molecule has 3 aliphatic carbocycles. The molecular weight excluding hydrogens is 355 g/mol. The molecule has 1 heteroatoms. The number of hydrogen-bond donors (Lipinski definition) is 0. The Morgan fingerprint density at radius 2 is 1.75 bits per heavy atom. The summed E-state index contributed by atoms with van der Waals surface area (Å²) in [6, 6.07) is 9.13. The van der Waals surface area contributed by atoms with E-state index in [0.29, 0.717) is 0 Å². The van der Waals surface area contributed by atoms with Crippen molar-refractivity contribution in [2.75, 3.05) is 0 Å². The van der Waals surface area contributed by atoms with E-state index < -0.39 is 0 Å². The molecule has 1 aromatic carbocycles. The highest BCUT2D eigenvalue weighted by atomic mass is 127. The molecule has 3 bridgehead atoms. The Bertz CT molecular complexity index is 480. The van der Waals surface area contributed by atoms with Gasteiger partial charge in [-0.15, -0.1) is 0 Å². The Balaban J connectivity index is 1.46. The summed E-state index contributed by atoms with van der Waals surface area (Å²) < 4.78 is 1.39. The maximum Gasteiger partial charge on any atom is 0.0133 e. The van der Waals surface area contributed by atoms with E-state index in [9.17, 15) is 0 Å². The van der Waals surface area contributed by atoms with Crippen LogP contribution in [-0.2, 0) is 6.42 Å². The predicted molar refractivity (Wildman–Crippen MR) is 92.6 cm³/mol. The maximum absolute atomic E-state index is 2.44. The van der Waals surface area contributed by atoms with E-state index in [4.69, 9.17) is 0 Å². The minimum atomic E-state index is 1.05. The maximum atomic E-state index is 2.44. The van der Waals surface area contributed by atoms with Gasteiger partial charge in [0.15, 0.2) is 0 Å². The lowest BCUT2D eigenvalue weighted by atomic mass is 9.69. The number of benzene rings is 1. The Morgan fingerprint density at radius 1 is 0.950 bits per heavy atom. The van der Waals surface area contributed by atoms with Crippen LogP contribution in [-0.4, -0.2) is 0 Å². The van der Waals surface area contributed by atoms with Crippen LogP contribution in [0.25, 0.3) is 0 Å². The summed E-state index contributed by atoms with van der Waals surface area (Å²) in [5.41, 5.74) is 1.56. The number of hydrogen-bond acceptors (Lipinski definition) is 0. The van der Waals surface area contributed by atoms with Crippen LogP contribution in [0.15, 0.2) is 24.3 Å². The highest BCUT2D eigenvalue weighted by molar-refractivity contribution is 14.1. The van der Waals surface area contributed by atoms with Crippen LogP contribution >= 0.6 is 22.6 Å². The van der Waals surface area contributed by atoms with Crippen molar-refractivity contribution in [3.8, 4) is 0 Å². The number of fused-ring (bicyclic) bond motifs is 2. The van der Waals surface area contributed by atoms with Gasteiger partial charge in [0.25, 0.3) is 0 Å². The van der Waals surface area contributed by atoms with E-state index in [-0.39, 0.29) is 0 Å². The zero-order valence-corrected chi connectivity index (χ0v) is 14.4. The van der Waals surface area contributed by atoms with Crippen LogP contribution in [0.4, 0.5) is 0 Å². The van der Waals surface area contributed by atoms with Crippen molar-refractivity contribution in [2.24, 2.45) is 29.6 Å². The Morgan fingerprint density at radius 3 is 2.65 bits per heavy atom. The number of halogens is 1. The summed E-state index contributed by atoms with van der Waals surface area (Å²) in [5, 5.41) is 0. The summed E-state index contributed by atoms with van der Waals surface area (Å²) in [4.78, 5) is 0. The van der Waals surface area contributed by atoms with Crippen LogP contribution in [0.3, 0.4) is 0 Å². The largest absolute Gasteiger partial charge is 0.0609 e. The summed E-state index contributed by atoms with van der Waals surface area (Å²) in [5.74, 6) is 5.46. The van der Waals surface area contributed by atoms with Gasteiger partial charge in [0, 0.05) is 3.57 Å².